The Labute approximate surface area is 158 Å². The second-order valence-electron chi connectivity index (χ2n) is 7.05. The number of carbonyl (C=O) groups excluding carboxylic acids is 2. The molecule has 4 nitrogen and oxygen atoms in total. The molecule has 4 rings (SSSR count). The number of rotatable bonds is 3. The molecule has 3 atom stereocenters. The highest BCUT2D eigenvalue weighted by Crippen LogP contribution is 2.46. The molecule has 0 N–H and O–H groups in total. The normalized spacial score (nSPS) is 23.6. The van der Waals surface area contributed by atoms with E-state index in [9.17, 15) is 9.59 Å². The summed E-state index contributed by atoms with van der Waals surface area (Å²) in [5.74, 6) is -0.490. The molecule has 0 spiro atoms. The van der Waals surface area contributed by atoms with Crippen LogP contribution >= 0.6 is 0 Å². The first-order chi connectivity index (χ1) is 13.1. The van der Waals surface area contributed by atoms with Gasteiger partial charge in [-0.15, -0.1) is 0 Å². The zero-order valence-corrected chi connectivity index (χ0v) is 15.5. The van der Waals surface area contributed by atoms with E-state index in [2.05, 4.69) is 0 Å². The van der Waals surface area contributed by atoms with Gasteiger partial charge in [0, 0.05) is 17.9 Å². The minimum atomic E-state index is -0.438. The molecule has 1 aliphatic heterocycles. The summed E-state index contributed by atoms with van der Waals surface area (Å²) in [5, 5.41) is 0. The number of fused-ring (bicyclic) bond motifs is 2. The number of ketones is 1. The standard InChI is InChI=1S/C23H22O4/c1-3-26-23(25)17-11-12-18-21(20(17)15-7-5-4-6-8-15)22(24)16-10-9-14(2)13-19(16)27-18/h4-11,13,18,20-21H,3,12H2,1-2H3/t18-,20-,21+/m1/s1. The van der Waals surface area contributed by atoms with Crippen molar-refractivity contribution < 1.29 is 19.1 Å². The molecule has 1 aliphatic carbocycles. The van der Waals surface area contributed by atoms with Gasteiger partial charge in [-0.1, -0.05) is 42.5 Å². The van der Waals surface area contributed by atoms with Crippen LogP contribution in [0.1, 0.15) is 40.7 Å². The summed E-state index contributed by atoms with van der Waals surface area (Å²) in [5.41, 5.74) is 3.13. The number of carbonyl (C=O) groups is 2. The molecule has 0 saturated heterocycles. The Morgan fingerprint density at radius 3 is 2.70 bits per heavy atom. The van der Waals surface area contributed by atoms with Gasteiger partial charge in [-0.05, 0) is 37.1 Å². The Morgan fingerprint density at radius 2 is 1.96 bits per heavy atom. The van der Waals surface area contributed by atoms with Crippen LogP contribution in [0, 0.1) is 12.8 Å². The van der Waals surface area contributed by atoms with Crippen LogP contribution < -0.4 is 4.74 Å². The van der Waals surface area contributed by atoms with Crippen LogP contribution in [0.2, 0.25) is 0 Å². The van der Waals surface area contributed by atoms with Crippen LogP contribution in [-0.4, -0.2) is 24.5 Å². The Hall–Kier alpha value is -2.88. The van der Waals surface area contributed by atoms with E-state index in [1.807, 2.05) is 61.5 Å². The lowest BCUT2D eigenvalue weighted by Crippen LogP contribution is -2.44. The van der Waals surface area contributed by atoms with Gasteiger partial charge in [0.1, 0.15) is 11.9 Å². The fourth-order valence-corrected chi connectivity index (χ4v) is 4.11. The van der Waals surface area contributed by atoms with Gasteiger partial charge in [0.15, 0.2) is 5.78 Å². The van der Waals surface area contributed by atoms with E-state index in [1.165, 1.54) is 0 Å². The maximum Gasteiger partial charge on any atom is 0.334 e. The summed E-state index contributed by atoms with van der Waals surface area (Å²) < 4.78 is 11.5. The maximum atomic E-state index is 13.4. The quantitative estimate of drug-likeness (QED) is 0.767. The molecule has 0 unspecified atom stereocenters. The van der Waals surface area contributed by atoms with Gasteiger partial charge in [0.05, 0.1) is 18.1 Å². The molecular weight excluding hydrogens is 340 g/mol. The minimum absolute atomic E-state index is 0.0324. The van der Waals surface area contributed by atoms with Crippen LogP contribution in [0.4, 0.5) is 0 Å². The molecule has 2 aromatic rings. The molecular formula is C23H22O4. The van der Waals surface area contributed by atoms with Crippen molar-refractivity contribution in [3.05, 3.63) is 76.9 Å². The van der Waals surface area contributed by atoms with Gasteiger partial charge >= 0.3 is 5.97 Å². The maximum absolute atomic E-state index is 13.4. The molecule has 1 heterocycles. The Kier molecular flexibility index (Phi) is 4.56. The third-order valence-corrected chi connectivity index (χ3v) is 5.32. The first kappa shape index (κ1) is 17.5. The average molecular weight is 362 g/mol. The fraction of sp³-hybridized carbons (Fsp3) is 0.304. The lowest BCUT2D eigenvalue weighted by atomic mass is 9.69. The van der Waals surface area contributed by atoms with Crippen LogP contribution in [-0.2, 0) is 9.53 Å². The SMILES string of the molecule is CCOC(=O)C1=CC[C@H]2Oc3cc(C)ccc3C(=O)[C@@H]2[C@@H]1c1ccccc1. The molecule has 0 radical (unpaired) electrons. The Morgan fingerprint density at radius 1 is 1.19 bits per heavy atom. The molecule has 138 valence electrons. The number of esters is 1. The van der Waals surface area contributed by atoms with Crippen molar-refractivity contribution in [2.75, 3.05) is 6.61 Å². The molecule has 27 heavy (non-hydrogen) atoms. The number of aryl methyl sites for hydroxylation is 1. The molecule has 0 aromatic heterocycles. The second-order valence-corrected chi connectivity index (χ2v) is 7.05. The van der Waals surface area contributed by atoms with Crippen LogP contribution in [0.15, 0.2) is 60.2 Å². The molecule has 0 bridgehead atoms. The summed E-state index contributed by atoms with van der Waals surface area (Å²) in [6.07, 6.45) is 2.11. The van der Waals surface area contributed by atoms with Crippen molar-refractivity contribution >= 4 is 11.8 Å². The van der Waals surface area contributed by atoms with Gasteiger partial charge in [0.2, 0.25) is 0 Å². The summed E-state index contributed by atoms with van der Waals surface area (Å²) in [6, 6.07) is 15.3. The zero-order valence-electron chi connectivity index (χ0n) is 15.5. The summed E-state index contributed by atoms with van der Waals surface area (Å²) in [6.45, 7) is 4.07. The predicted octanol–water partition coefficient (Wildman–Crippen LogP) is 4.23. The fourth-order valence-electron chi connectivity index (χ4n) is 4.11. The topological polar surface area (TPSA) is 52.6 Å². The van der Waals surface area contributed by atoms with Gasteiger partial charge < -0.3 is 9.47 Å². The molecule has 4 heteroatoms. The van der Waals surface area contributed by atoms with Crippen molar-refractivity contribution in [1.29, 1.82) is 0 Å². The monoisotopic (exact) mass is 362 g/mol. The van der Waals surface area contributed by atoms with Crippen LogP contribution in [0.25, 0.3) is 0 Å². The van der Waals surface area contributed by atoms with E-state index in [0.717, 1.165) is 11.1 Å². The van der Waals surface area contributed by atoms with E-state index in [1.54, 1.807) is 6.92 Å². The molecule has 0 fully saturated rings. The summed E-state index contributed by atoms with van der Waals surface area (Å²) in [7, 11) is 0. The van der Waals surface area contributed by atoms with Crippen molar-refractivity contribution in [2.24, 2.45) is 5.92 Å². The van der Waals surface area contributed by atoms with Crippen molar-refractivity contribution in [1.82, 2.24) is 0 Å². The van der Waals surface area contributed by atoms with E-state index in [4.69, 9.17) is 9.47 Å². The predicted molar refractivity (Wildman–Crippen MR) is 102 cm³/mol. The van der Waals surface area contributed by atoms with Crippen LogP contribution in [0.3, 0.4) is 0 Å². The van der Waals surface area contributed by atoms with E-state index >= 15 is 0 Å². The summed E-state index contributed by atoms with van der Waals surface area (Å²) >= 11 is 0. The molecule has 0 amide bonds. The highest BCUT2D eigenvalue weighted by Gasteiger charge is 2.47. The first-order valence-electron chi connectivity index (χ1n) is 9.33. The smallest absolute Gasteiger partial charge is 0.334 e. The third-order valence-electron chi connectivity index (χ3n) is 5.32. The first-order valence-corrected chi connectivity index (χ1v) is 9.33. The van der Waals surface area contributed by atoms with E-state index < -0.39 is 5.92 Å². The zero-order chi connectivity index (χ0) is 19.0. The van der Waals surface area contributed by atoms with E-state index in [0.29, 0.717) is 29.9 Å². The van der Waals surface area contributed by atoms with Gasteiger partial charge in [-0.2, -0.15) is 0 Å². The highest BCUT2D eigenvalue weighted by atomic mass is 16.5. The average Bonchev–Trinajstić information content (AvgIpc) is 2.68. The number of ether oxygens (including phenoxy) is 2. The van der Waals surface area contributed by atoms with Gasteiger partial charge in [0.25, 0.3) is 0 Å². The number of benzene rings is 2. The second kappa shape index (κ2) is 7.03. The van der Waals surface area contributed by atoms with Crippen molar-refractivity contribution in [2.45, 2.75) is 32.3 Å². The highest BCUT2D eigenvalue weighted by molar-refractivity contribution is 6.04. The van der Waals surface area contributed by atoms with Crippen LogP contribution in [0.5, 0.6) is 5.75 Å². The number of hydrogen-bond donors (Lipinski definition) is 0. The molecule has 2 aliphatic rings. The van der Waals surface area contributed by atoms with Crippen molar-refractivity contribution in [3.8, 4) is 5.75 Å². The van der Waals surface area contributed by atoms with E-state index in [-0.39, 0.29) is 23.8 Å². The molecule has 0 saturated carbocycles. The third kappa shape index (κ3) is 3.05. The lowest BCUT2D eigenvalue weighted by Gasteiger charge is -2.40. The van der Waals surface area contributed by atoms with Gasteiger partial charge in [-0.3, -0.25) is 4.79 Å². The Bertz CT molecular complexity index is 913. The lowest BCUT2D eigenvalue weighted by molar-refractivity contribution is -0.139. The van der Waals surface area contributed by atoms with Crippen molar-refractivity contribution in [3.63, 3.8) is 0 Å². The Balaban J connectivity index is 1.81. The molecule has 2 aromatic carbocycles. The minimum Gasteiger partial charge on any atom is -0.489 e. The van der Waals surface area contributed by atoms with Gasteiger partial charge in [-0.25, -0.2) is 4.79 Å². The largest absolute Gasteiger partial charge is 0.489 e. The number of hydrogen-bond acceptors (Lipinski definition) is 4. The summed E-state index contributed by atoms with van der Waals surface area (Å²) in [4.78, 5) is 26.0. The number of Topliss-reactive ketones (excluding diaryl/α,β-unsaturated/α-hetero) is 1.